The summed E-state index contributed by atoms with van der Waals surface area (Å²) in [6, 6.07) is 12.5. The van der Waals surface area contributed by atoms with Gasteiger partial charge in [-0.05, 0) is 65.1 Å². The zero-order chi connectivity index (χ0) is 15.9. The van der Waals surface area contributed by atoms with Gasteiger partial charge in [0.15, 0.2) is 0 Å². The van der Waals surface area contributed by atoms with Crippen molar-refractivity contribution in [2.75, 3.05) is 20.3 Å². The Kier molecular flexibility index (Phi) is 6.33. The number of carbonyl (C=O) groups excluding carboxylic acids is 1. The third-order valence-electron chi connectivity index (χ3n) is 2.89. The number of nitrogens with one attached hydrogen (secondary N) is 1. The van der Waals surface area contributed by atoms with Gasteiger partial charge in [-0.3, -0.25) is 4.79 Å². The summed E-state index contributed by atoms with van der Waals surface area (Å²) in [5.41, 5.74) is 0.606. The third kappa shape index (κ3) is 4.78. The molecule has 0 aromatic heterocycles. The number of methoxy groups -OCH3 is 1. The van der Waals surface area contributed by atoms with E-state index < -0.39 is 0 Å². The highest BCUT2D eigenvalue weighted by Gasteiger charge is 2.09. The highest BCUT2D eigenvalue weighted by Crippen LogP contribution is 2.18. The molecule has 2 rings (SSSR count). The summed E-state index contributed by atoms with van der Waals surface area (Å²) in [6.45, 7) is 0.811. The molecule has 22 heavy (non-hydrogen) atoms. The number of carbonyl (C=O) groups is 1. The Balaban J connectivity index is 1.79. The Morgan fingerprint density at radius 1 is 1.18 bits per heavy atom. The molecule has 2 aromatic carbocycles. The zero-order valence-electron chi connectivity index (χ0n) is 11.9. The van der Waals surface area contributed by atoms with E-state index in [1.807, 2.05) is 24.3 Å². The summed E-state index contributed by atoms with van der Waals surface area (Å²) in [6.07, 6.45) is 0. The molecule has 0 heterocycles. The maximum atomic E-state index is 12.0. The number of benzene rings is 2. The maximum Gasteiger partial charge on any atom is 0.252 e. The van der Waals surface area contributed by atoms with Crippen LogP contribution >= 0.6 is 34.2 Å². The van der Waals surface area contributed by atoms with Gasteiger partial charge < -0.3 is 14.8 Å². The largest absolute Gasteiger partial charge is 0.497 e. The van der Waals surface area contributed by atoms with Gasteiger partial charge in [0.1, 0.15) is 18.1 Å². The average Bonchev–Trinajstić information content (AvgIpc) is 2.52. The van der Waals surface area contributed by atoms with E-state index in [1.54, 1.807) is 25.3 Å². The van der Waals surface area contributed by atoms with Gasteiger partial charge in [0.05, 0.1) is 19.2 Å². The van der Waals surface area contributed by atoms with Crippen molar-refractivity contribution >= 4 is 40.1 Å². The monoisotopic (exact) mass is 431 g/mol. The van der Waals surface area contributed by atoms with Gasteiger partial charge in [-0.15, -0.1) is 0 Å². The van der Waals surface area contributed by atoms with Gasteiger partial charge in [0.25, 0.3) is 5.91 Å². The molecule has 1 N–H and O–H groups in total. The van der Waals surface area contributed by atoms with Gasteiger partial charge in [0, 0.05) is 8.59 Å². The van der Waals surface area contributed by atoms with Crippen LogP contribution in [0, 0.1) is 3.57 Å². The summed E-state index contributed by atoms with van der Waals surface area (Å²) in [4.78, 5) is 12.0. The van der Waals surface area contributed by atoms with Crippen LogP contribution in [-0.4, -0.2) is 26.2 Å². The molecule has 0 bridgehead atoms. The number of halogens is 2. The van der Waals surface area contributed by atoms with E-state index in [9.17, 15) is 4.79 Å². The molecular weight excluding hydrogens is 417 g/mol. The van der Waals surface area contributed by atoms with Crippen LogP contribution in [0.25, 0.3) is 0 Å². The van der Waals surface area contributed by atoms with Crippen LogP contribution in [-0.2, 0) is 0 Å². The smallest absolute Gasteiger partial charge is 0.252 e. The van der Waals surface area contributed by atoms with Crippen LogP contribution in [0.1, 0.15) is 10.4 Å². The first-order valence-electron chi connectivity index (χ1n) is 6.60. The zero-order valence-corrected chi connectivity index (χ0v) is 14.8. The predicted octanol–water partition coefficient (Wildman–Crippen LogP) is 3.76. The first-order chi connectivity index (χ1) is 10.6. The minimum atomic E-state index is -0.139. The topological polar surface area (TPSA) is 47.6 Å². The minimum absolute atomic E-state index is 0.139. The fraction of sp³-hybridized carbons (Fsp3) is 0.188. The molecule has 0 aliphatic carbocycles. The second kappa shape index (κ2) is 8.24. The van der Waals surface area contributed by atoms with Crippen molar-refractivity contribution in [1.29, 1.82) is 0 Å². The predicted molar refractivity (Wildman–Crippen MR) is 95.0 cm³/mol. The quantitative estimate of drug-likeness (QED) is 0.560. The Morgan fingerprint density at radius 3 is 2.50 bits per heavy atom. The van der Waals surface area contributed by atoms with Crippen LogP contribution in [0.2, 0.25) is 5.02 Å². The molecule has 0 atom stereocenters. The first kappa shape index (κ1) is 16.9. The normalized spacial score (nSPS) is 10.1. The number of hydrogen-bond donors (Lipinski definition) is 1. The van der Waals surface area contributed by atoms with Crippen LogP contribution in [0.4, 0.5) is 0 Å². The highest BCUT2D eigenvalue weighted by atomic mass is 127. The van der Waals surface area contributed by atoms with E-state index >= 15 is 0 Å². The fourth-order valence-corrected chi connectivity index (χ4v) is 2.89. The second-order valence-corrected chi connectivity index (χ2v) is 6.00. The van der Waals surface area contributed by atoms with Crippen LogP contribution < -0.4 is 14.8 Å². The van der Waals surface area contributed by atoms with Gasteiger partial charge in [0.2, 0.25) is 0 Å². The van der Waals surface area contributed by atoms with Gasteiger partial charge in [-0.2, -0.15) is 0 Å². The molecule has 0 saturated carbocycles. The van der Waals surface area contributed by atoms with Gasteiger partial charge in [-0.1, -0.05) is 11.6 Å². The molecule has 0 unspecified atom stereocenters. The lowest BCUT2D eigenvalue weighted by Crippen LogP contribution is -2.28. The van der Waals surface area contributed by atoms with E-state index in [2.05, 4.69) is 27.9 Å². The lowest BCUT2D eigenvalue weighted by Gasteiger charge is -2.09. The van der Waals surface area contributed by atoms with Crippen LogP contribution in [0.5, 0.6) is 11.5 Å². The molecule has 1 amide bonds. The summed E-state index contributed by atoms with van der Waals surface area (Å²) in [5.74, 6) is 1.37. The van der Waals surface area contributed by atoms with Crippen molar-refractivity contribution < 1.29 is 14.3 Å². The van der Waals surface area contributed by atoms with E-state index in [0.29, 0.717) is 23.7 Å². The van der Waals surface area contributed by atoms with Crippen molar-refractivity contribution in [1.82, 2.24) is 5.32 Å². The molecule has 116 valence electrons. The lowest BCUT2D eigenvalue weighted by atomic mass is 10.2. The summed E-state index contributed by atoms with van der Waals surface area (Å²) >= 11 is 7.96. The second-order valence-electron chi connectivity index (χ2n) is 4.40. The van der Waals surface area contributed by atoms with Crippen molar-refractivity contribution in [2.24, 2.45) is 0 Å². The molecule has 6 heteroatoms. The number of hydrogen-bond acceptors (Lipinski definition) is 3. The average molecular weight is 432 g/mol. The lowest BCUT2D eigenvalue weighted by molar-refractivity contribution is 0.0946. The minimum Gasteiger partial charge on any atom is -0.497 e. The molecule has 4 nitrogen and oxygen atoms in total. The summed E-state index contributed by atoms with van der Waals surface area (Å²) < 4.78 is 11.4. The first-order valence-corrected chi connectivity index (χ1v) is 8.06. The molecule has 2 aromatic rings. The fourth-order valence-electron chi connectivity index (χ4n) is 1.77. The molecule has 0 saturated heterocycles. The number of rotatable bonds is 6. The standard InChI is InChI=1S/C16H15ClINO3/c1-21-12-3-5-13(6-4-12)22-9-8-19-16(20)14-7-2-11(17)10-15(14)18/h2-7,10H,8-9H2,1H3,(H,19,20). The van der Waals surface area contributed by atoms with Crippen molar-refractivity contribution in [2.45, 2.75) is 0 Å². The highest BCUT2D eigenvalue weighted by molar-refractivity contribution is 14.1. The van der Waals surface area contributed by atoms with E-state index in [4.69, 9.17) is 21.1 Å². The van der Waals surface area contributed by atoms with Crippen LogP contribution in [0.15, 0.2) is 42.5 Å². The SMILES string of the molecule is COc1ccc(OCCNC(=O)c2ccc(Cl)cc2I)cc1. The van der Waals surface area contributed by atoms with Crippen molar-refractivity contribution in [3.63, 3.8) is 0 Å². The number of amides is 1. The summed E-state index contributed by atoms with van der Waals surface area (Å²) in [5, 5.41) is 3.43. The molecule has 0 aliphatic rings. The molecule has 0 aliphatic heterocycles. The van der Waals surface area contributed by atoms with E-state index in [1.165, 1.54) is 0 Å². The third-order valence-corrected chi connectivity index (χ3v) is 4.02. The molecule has 0 fully saturated rings. The maximum absolute atomic E-state index is 12.0. The number of ether oxygens (including phenoxy) is 2. The Bertz CT molecular complexity index is 646. The van der Waals surface area contributed by atoms with Crippen LogP contribution in [0.3, 0.4) is 0 Å². The Hall–Kier alpha value is -1.47. The molecular formula is C16H15ClINO3. The Morgan fingerprint density at radius 2 is 1.86 bits per heavy atom. The van der Waals surface area contributed by atoms with Crippen molar-refractivity contribution in [3.05, 3.63) is 56.6 Å². The molecule has 0 radical (unpaired) electrons. The molecule has 0 spiro atoms. The van der Waals surface area contributed by atoms with E-state index in [-0.39, 0.29) is 5.91 Å². The summed E-state index contributed by atoms with van der Waals surface area (Å²) in [7, 11) is 1.61. The van der Waals surface area contributed by atoms with E-state index in [0.717, 1.165) is 15.1 Å². The van der Waals surface area contributed by atoms with Gasteiger partial charge >= 0.3 is 0 Å². The van der Waals surface area contributed by atoms with Gasteiger partial charge in [-0.25, -0.2) is 0 Å². The Labute approximate surface area is 147 Å². The van der Waals surface area contributed by atoms with Crippen molar-refractivity contribution in [3.8, 4) is 11.5 Å².